The molecule has 0 spiro atoms. The molecule has 2 aliphatic carbocycles. The van der Waals surface area contributed by atoms with Crippen LogP contribution in [0, 0.1) is 17.8 Å². The first-order valence-corrected chi connectivity index (χ1v) is 13.2. The molecule has 3 fully saturated rings. The molecule has 2 saturated carbocycles. The van der Waals surface area contributed by atoms with E-state index in [9.17, 15) is 13.2 Å². The molecule has 0 aromatic heterocycles. The molecule has 3 aromatic carbocycles. The Bertz CT molecular complexity index is 1120. The lowest BCUT2D eigenvalue weighted by atomic mass is 9.66. The summed E-state index contributed by atoms with van der Waals surface area (Å²) in [5.41, 5.74) is 2.28. The first-order valence-electron chi connectivity index (χ1n) is 13.2. The van der Waals surface area contributed by atoms with Crippen LogP contribution in [-0.4, -0.2) is 18.1 Å². The number of benzene rings is 3. The van der Waals surface area contributed by atoms with Crippen molar-refractivity contribution in [3.05, 3.63) is 107 Å². The topological polar surface area (TPSA) is 24.1 Å². The molecule has 2 N–H and O–H groups in total. The minimum absolute atomic E-state index is 0.0887. The number of hydrogen-bond acceptors (Lipinski definition) is 2. The Kier molecular flexibility index (Phi) is 6.38. The highest BCUT2D eigenvalue weighted by Crippen LogP contribution is 2.53. The van der Waals surface area contributed by atoms with E-state index in [1.54, 1.807) is 12.1 Å². The van der Waals surface area contributed by atoms with E-state index < -0.39 is 11.7 Å². The van der Waals surface area contributed by atoms with Gasteiger partial charge in [-0.2, -0.15) is 13.2 Å². The maximum Gasteiger partial charge on any atom is 0.416 e. The fraction of sp³-hybridized carbons (Fsp3) is 0.419. The zero-order chi connectivity index (χ0) is 24.7. The minimum atomic E-state index is -4.35. The number of alkyl halides is 3. The van der Waals surface area contributed by atoms with Crippen LogP contribution >= 0.6 is 0 Å². The van der Waals surface area contributed by atoms with Crippen LogP contribution < -0.4 is 10.6 Å². The summed E-state index contributed by atoms with van der Waals surface area (Å²) in [6, 6.07) is 27.8. The fourth-order valence-corrected chi connectivity index (χ4v) is 7.61. The molecule has 6 atom stereocenters. The zero-order valence-electron chi connectivity index (χ0n) is 20.3. The molecule has 0 radical (unpaired) electrons. The van der Waals surface area contributed by atoms with Gasteiger partial charge in [0.05, 0.1) is 5.56 Å². The molecule has 1 saturated heterocycles. The van der Waals surface area contributed by atoms with Gasteiger partial charge in [-0.3, -0.25) is 0 Å². The molecule has 5 heteroatoms. The lowest BCUT2D eigenvalue weighted by Gasteiger charge is -2.49. The zero-order valence-corrected chi connectivity index (χ0v) is 20.3. The van der Waals surface area contributed by atoms with E-state index in [2.05, 4.69) is 59.2 Å². The van der Waals surface area contributed by atoms with Gasteiger partial charge in [0.25, 0.3) is 0 Å². The number of rotatable bonds is 6. The second-order valence-electron chi connectivity index (χ2n) is 10.8. The molecular formula is C31H33F3N2. The minimum Gasteiger partial charge on any atom is -0.308 e. The first-order chi connectivity index (χ1) is 17.5. The maximum atomic E-state index is 13.8. The second kappa shape index (κ2) is 9.68. The van der Waals surface area contributed by atoms with E-state index in [0.717, 1.165) is 0 Å². The van der Waals surface area contributed by atoms with Crippen LogP contribution in [0.3, 0.4) is 0 Å². The van der Waals surface area contributed by atoms with Crippen molar-refractivity contribution in [2.75, 3.05) is 0 Å². The summed E-state index contributed by atoms with van der Waals surface area (Å²) in [5.74, 6) is 1.84. The van der Waals surface area contributed by atoms with Gasteiger partial charge >= 0.3 is 6.18 Å². The third-order valence-electron chi connectivity index (χ3n) is 8.96. The number of halogens is 3. The van der Waals surface area contributed by atoms with Gasteiger partial charge in [0.15, 0.2) is 0 Å². The lowest BCUT2D eigenvalue weighted by Crippen LogP contribution is -2.63. The Morgan fingerprint density at radius 2 is 1.47 bits per heavy atom. The van der Waals surface area contributed by atoms with Crippen molar-refractivity contribution in [1.82, 2.24) is 10.6 Å². The average Bonchev–Trinajstić information content (AvgIpc) is 3.02. The van der Waals surface area contributed by atoms with E-state index in [1.807, 2.05) is 12.1 Å². The van der Waals surface area contributed by atoms with Crippen molar-refractivity contribution >= 4 is 0 Å². The fourth-order valence-electron chi connectivity index (χ4n) is 7.61. The first kappa shape index (κ1) is 23.7. The monoisotopic (exact) mass is 490 g/mol. The molecule has 3 aliphatic rings. The average molecular weight is 491 g/mol. The van der Waals surface area contributed by atoms with E-state index in [0.29, 0.717) is 29.4 Å². The van der Waals surface area contributed by atoms with E-state index in [1.165, 1.54) is 48.9 Å². The molecule has 36 heavy (non-hydrogen) atoms. The summed E-state index contributed by atoms with van der Waals surface area (Å²) in [6.45, 7) is 0.218. The third kappa shape index (κ3) is 4.37. The normalized spacial score (nSPS) is 29.4. The smallest absolute Gasteiger partial charge is 0.308 e. The Balaban J connectivity index is 1.38. The number of hydrogen-bond donors (Lipinski definition) is 2. The van der Waals surface area contributed by atoms with Gasteiger partial charge < -0.3 is 10.6 Å². The third-order valence-corrected chi connectivity index (χ3v) is 8.96. The Hall–Kier alpha value is -2.63. The van der Waals surface area contributed by atoms with Crippen molar-refractivity contribution in [3.8, 4) is 0 Å². The van der Waals surface area contributed by atoms with Crippen molar-refractivity contribution in [2.45, 2.75) is 62.4 Å². The summed E-state index contributed by atoms with van der Waals surface area (Å²) in [7, 11) is 0. The standard InChI is InChI=1S/C31H33F3N2/c32-31(33,34)25-17-8-7-14-23(25)19-35-29-28-22-15-9-16-24(28)26(18-22)36-30(29)27(20-10-3-1-4-11-20)21-12-5-2-6-13-21/h1-8,10-14,17,22,24,26-30,35-36H,9,15-16,18-19H2. The van der Waals surface area contributed by atoms with Crippen LogP contribution in [0.15, 0.2) is 84.9 Å². The van der Waals surface area contributed by atoms with Crippen LogP contribution in [0.2, 0.25) is 0 Å². The predicted octanol–water partition coefficient (Wildman–Crippen LogP) is 6.77. The molecule has 1 aliphatic heterocycles. The maximum absolute atomic E-state index is 13.8. The molecule has 6 rings (SSSR count). The predicted molar refractivity (Wildman–Crippen MR) is 136 cm³/mol. The summed E-state index contributed by atoms with van der Waals surface area (Å²) in [4.78, 5) is 0. The molecule has 2 nitrogen and oxygen atoms in total. The van der Waals surface area contributed by atoms with Crippen LogP contribution in [0.5, 0.6) is 0 Å². The van der Waals surface area contributed by atoms with Crippen LogP contribution in [-0.2, 0) is 12.7 Å². The highest BCUT2D eigenvalue weighted by atomic mass is 19.4. The highest BCUT2D eigenvalue weighted by Gasteiger charge is 2.55. The quantitative estimate of drug-likeness (QED) is 0.398. The summed E-state index contributed by atoms with van der Waals surface area (Å²) >= 11 is 0. The van der Waals surface area contributed by atoms with Gasteiger partial charge in [-0.1, -0.05) is 91.7 Å². The SMILES string of the molecule is FC(F)(F)c1ccccc1CNC1C(C(c2ccccc2)c2ccccc2)NC2CC3CCCC2C31. The van der Waals surface area contributed by atoms with E-state index >= 15 is 0 Å². The summed E-state index contributed by atoms with van der Waals surface area (Å²) in [6.07, 6.45) is 0.529. The van der Waals surface area contributed by atoms with Crippen molar-refractivity contribution in [2.24, 2.45) is 17.8 Å². The largest absolute Gasteiger partial charge is 0.416 e. The van der Waals surface area contributed by atoms with E-state index in [-0.39, 0.29) is 24.5 Å². The molecule has 3 aromatic rings. The molecule has 1 heterocycles. The summed E-state index contributed by atoms with van der Waals surface area (Å²) in [5, 5.41) is 7.77. The number of nitrogens with one attached hydrogen (secondary N) is 2. The van der Waals surface area contributed by atoms with Crippen molar-refractivity contribution in [3.63, 3.8) is 0 Å². The van der Waals surface area contributed by atoms with Crippen molar-refractivity contribution in [1.29, 1.82) is 0 Å². The van der Waals surface area contributed by atoms with Gasteiger partial charge in [-0.25, -0.2) is 0 Å². The van der Waals surface area contributed by atoms with Crippen molar-refractivity contribution < 1.29 is 13.2 Å². The Morgan fingerprint density at radius 3 is 2.14 bits per heavy atom. The Morgan fingerprint density at radius 1 is 0.833 bits per heavy atom. The molecule has 0 amide bonds. The van der Waals surface area contributed by atoms with E-state index in [4.69, 9.17) is 0 Å². The lowest BCUT2D eigenvalue weighted by molar-refractivity contribution is -0.138. The molecule has 4 bridgehead atoms. The Labute approximate surface area is 211 Å². The van der Waals surface area contributed by atoms with Crippen LogP contribution in [0.25, 0.3) is 0 Å². The highest BCUT2D eigenvalue weighted by molar-refractivity contribution is 5.37. The van der Waals surface area contributed by atoms with Gasteiger partial charge in [0.1, 0.15) is 0 Å². The van der Waals surface area contributed by atoms with Crippen LogP contribution in [0.4, 0.5) is 13.2 Å². The molecular weight excluding hydrogens is 457 g/mol. The molecule has 188 valence electrons. The van der Waals surface area contributed by atoms with Crippen LogP contribution in [0.1, 0.15) is 53.9 Å². The van der Waals surface area contributed by atoms with Gasteiger partial charge in [0.2, 0.25) is 0 Å². The number of piperidine rings is 1. The van der Waals surface area contributed by atoms with Gasteiger partial charge in [-0.15, -0.1) is 0 Å². The van der Waals surface area contributed by atoms with Gasteiger partial charge in [0, 0.05) is 30.6 Å². The second-order valence-corrected chi connectivity index (χ2v) is 10.8. The molecule has 6 unspecified atom stereocenters. The summed E-state index contributed by atoms with van der Waals surface area (Å²) < 4.78 is 41.3. The van der Waals surface area contributed by atoms with Gasteiger partial charge in [-0.05, 0) is 53.4 Å².